The van der Waals surface area contributed by atoms with E-state index in [2.05, 4.69) is 10.3 Å². The van der Waals surface area contributed by atoms with Gasteiger partial charge in [-0.3, -0.25) is 4.79 Å². The molecule has 5 heteroatoms. The number of nitrogens with one attached hydrogen (secondary N) is 1. The first-order valence-corrected chi connectivity index (χ1v) is 5.56. The zero-order chi connectivity index (χ0) is 12.0. The van der Waals surface area contributed by atoms with E-state index in [1.807, 2.05) is 24.6 Å². The molecule has 0 aliphatic carbocycles. The maximum absolute atomic E-state index is 11.8. The van der Waals surface area contributed by atoms with E-state index in [0.717, 1.165) is 13.0 Å². The summed E-state index contributed by atoms with van der Waals surface area (Å²) in [4.78, 5) is 15.8. The molecule has 0 saturated carbocycles. The normalized spacial score (nSPS) is 14.4. The summed E-state index contributed by atoms with van der Waals surface area (Å²) in [5.41, 5.74) is 5.16. The lowest BCUT2D eigenvalue weighted by Crippen LogP contribution is -2.44. The number of nitrogens with zero attached hydrogens (tertiary/aromatic N) is 2. The summed E-state index contributed by atoms with van der Waals surface area (Å²) >= 11 is 0. The van der Waals surface area contributed by atoms with Crippen molar-refractivity contribution in [3.63, 3.8) is 0 Å². The monoisotopic (exact) mass is 224 g/mol. The molecule has 1 aromatic rings. The Balaban J connectivity index is 2.35. The number of nitrogens with two attached hydrogens (primary N) is 1. The minimum Gasteiger partial charge on any atom is -0.354 e. The number of carbonyl (C=O) groups excluding carboxylic acids is 1. The first-order chi connectivity index (χ1) is 7.62. The van der Waals surface area contributed by atoms with Gasteiger partial charge in [0.05, 0.1) is 11.7 Å². The third-order valence-electron chi connectivity index (χ3n) is 2.99. The quantitative estimate of drug-likeness (QED) is 0.733. The molecule has 0 aromatic carbocycles. The number of carbonyl (C=O) groups is 1. The molecule has 0 radical (unpaired) electrons. The van der Waals surface area contributed by atoms with Crippen LogP contribution in [0.15, 0.2) is 18.7 Å². The molecule has 16 heavy (non-hydrogen) atoms. The number of rotatable bonds is 6. The van der Waals surface area contributed by atoms with Crippen LogP contribution in [-0.4, -0.2) is 28.5 Å². The van der Waals surface area contributed by atoms with Crippen LogP contribution in [0.3, 0.4) is 0 Å². The second kappa shape index (κ2) is 5.65. The number of aromatic nitrogens is 2. The molecule has 0 aliphatic heterocycles. The molecule has 5 nitrogen and oxygen atoms in total. The van der Waals surface area contributed by atoms with Gasteiger partial charge in [-0.25, -0.2) is 4.98 Å². The second-order valence-corrected chi connectivity index (χ2v) is 4.17. The SMILES string of the molecule is CCC(C)(CN)C(=O)NCCn1ccnc1. The minimum atomic E-state index is -0.449. The van der Waals surface area contributed by atoms with E-state index in [0.29, 0.717) is 13.1 Å². The number of imidazole rings is 1. The Bertz CT molecular complexity index is 317. The van der Waals surface area contributed by atoms with E-state index < -0.39 is 5.41 Å². The van der Waals surface area contributed by atoms with E-state index in [-0.39, 0.29) is 5.91 Å². The van der Waals surface area contributed by atoms with Gasteiger partial charge >= 0.3 is 0 Å². The summed E-state index contributed by atoms with van der Waals surface area (Å²) in [7, 11) is 0. The van der Waals surface area contributed by atoms with E-state index in [1.165, 1.54) is 0 Å². The van der Waals surface area contributed by atoms with Crippen LogP contribution in [0.1, 0.15) is 20.3 Å². The zero-order valence-electron chi connectivity index (χ0n) is 9.94. The fraction of sp³-hybridized carbons (Fsp3) is 0.636. The van der Waals surface area contributed by atoms with Gasteiger partial charge in [-0.15, -0.1) is 0 Å². The van der Waals surface area contributed by atoms with Gasteiger partial charge in [-0.2, -0.15) is 0 Å². The van der Waals surface area contributed by atoms with Crippen molar-refractivity contribution in [1.82, 2.24) is 14.9 Å². The number of hydrogen-bond donors (Lipinski definition) is 2. The van der Waals surface area contributed by atoms with Crippen molar-refractivity contribution in [1.29, 1.82) is 0 Å². The number of amides is 1. The van der Waals surface area contributed by atoms with Crippen LogP contribution < -0.4 is 11.1 Å². The average molecular weight is 224 g/mol. The largest absolute Gasteiger partial charge is 0.354 e. The Morgan fingerprint density at radius 1 is 1.62 bits per heavy atom. The summed E-state index contributed by atoms with van der Waals surface area (Å²) < 4.78 is 1.92. The molecule has 90 valence electrons. The van der Waals surface area contributed by atoms with Crippen molar-refractivity contribution in [2.24, 2.45) is 11.1 Å². The van der Waals surface area contributed by atoms with Gasteiger partial charge in [0.15, 0.2) is 0 Å². The molecule has 3 N–H and O–H groups in total. The molecular weight excluding hydrogens is 204 g/mol. The molecule has 1 atom stereocenters. The summed E-state index contributed by atoms with van der Waals surface area (Å²) in [6, 6.07) is 0. The zero-order valence-corrected chi connectivity index (χ0v) is 9.94. The third kappa shape index (κ3) is 3.06. The van der Waals surface area contributed by atoms with E-state index >= 15 is 0 Å². The molecule has 0 spiro atoms. The van der Waals surface area contributed by atoms with Crippen LogP contribution in [0.5, 0.6) is 0 Å². The Morgan fingerprint density at radius 2 is 2.38 bits per heavy atom. The Morgan fingerprint density at radius 3 is 2.88 bits per heavy atom. The van der Waals surface area contributed by atoms with Crippen LogP contribution in [0, 0.1) is 5.41 Å². The molecule has 1 rings (SSSR count). The lowest BCUT2D eigenvalue weighted by Gasteiger charge is -2.24. The van der Waals surface area contributed by atoms with Crippen LogP contribution >= 0.6 is 0 Å². The average Bonchev–Trinajstić information content (AvgIpc) is 2.80. The molecule has 0 saturated heterocycles. The standard InChI is InChI=1S/C11H20N4O/c1-3-11(2,8-12)10(16)14-5-7-15-6-4-13-9-15/h4,6,9H,3,5,7-8,12H2,1-2H3,(H,14,16). The first kappa shape index (κ1) is 12.7. The second-order valence-electron chi connectivity index (χ2n) is 4.17. The highest BCUT2D eigenvalue weighted by atomic mass is 16.2. The van der Waals surface area contributed by atoms with Gasteiger partial charge < -0.3 is 15.6 Å². The van der Waals surface area contributed by atoms with Gasteiger partial charge in [0.2, 0.25) is 5.91 Å². The van der Waals surface area contributed by atoms with Crippen molar-refractivity contribution >= 4 is 5.91 Å². The highest BCUT2D eigenvalue weighted by Crippen LogP contribution is 2.18. The van der Waals surface area contributed by atoms with Crippen molar-refractivity contribution in [3.05, 3.63) is 18.7 Å². The van der Waals surface area contributed by atoms with Crippen molar-refractivity contribution in [2.45, 2.75) is 26.8 Å². The first-order valence-electron chi connectivity index (χ1n) is 5.56. The fourth-order valence-electron chi connectivity index (χ4n) is 1.33. The van der Waals surface area contributed by atoms with Crippen LogP contribution in [0.2, 0.25) is 0 Å². The van der Waals surface area contributed by atoms with Crippen LogP contribution in [-0.2, 0) is 11.3 Å². The molecule has 1 amide bonds. The third-order valence-corrected chi connectivity index (χ3v) is 2.99. The Hall–Kier alpha value is -1.36. The summed E-state index contributed by atoms with van der Waals surface area (Å²) in [5, 5.41) is 2.90. The van der Waals surface area contributed by atoms with E-state index in [4.69, 9.17) is 5.73 Å². The Kier molecular flexibility index (Phi) is 4.49. The molecule has 0 fully saturated rings. The van der Waals surface area contributed by atoms with Gasteiger partial charge in [-0.1, -0.05) is 6.92 Å². The van der Waals surface area contributed by atoms with Gasteiger partial charge in [0.1, 0.15) is 0 Å². The van der Waals surface area contributed by atoms with Crippen LogP contribution in [0.4, 0.5) is 0 Å². The highest BCUT2D eigenvalue weighted by Gasteiger charge is 2.28. The predicted molar refractivity (Wildman–Crippen MR) is 62.7 cm³/mol. The summed E-state index contributed by atoms with van der Waals surface area (Å²) in [6.45, 7) is 5.57. The molecule has 1 aromatic heterocycles. The van der Waals surface area contributed by atoms with E-state index in [1.54, 1.807) is 12.5 Å². The van der Waals surface area contributed by atoms with Gasteiger partial charge in [0.25, 0.3) is 0 Å². The lowest BCUT2D eigenvalue weighted by molar-refractivity contribution is -0.129. The smallest absolute Gasteiger partial charge is 0.227 e. The summed E-state index contributed by atoms with van der Waals surface area (Å²) in [5.74, 6) is 0.0256. The van der Waals surface area contributed by atoms with Crippen molar-refractivity contribution in [3.8, 4) is 0 Å². The fourth-order valence-corrected chi connectivity index (χ4v) is 1.33. The highest BCUT2D eigenvalue weighted by molar-refractivity contribution is 5.82. The lowest BCUT2D eigenvalue weighted by atomic mass is 9.87. The van der Waals surface area contributed by atoms with Crippen molar-refractivity contribution in [2.75, 3.05) is 13.1 Å². The molecular formula is C11H20N4O. The van der Waals surface area contributed by atoms with E-state index in [9.17, 15) is 4.79 Å². The molecule has 0 bridgehead atoms. The maximum atomic E-state index is 11.8. The maximum Gasteiger partial charge on any atom is 0.227 e. The molecule has 1 heterocycles. The van der Waals surface area contributed by atoms with Crippen LogP contribution in [0.25, 0.3) is 0 Å². The summed E-state index contributed by atoms with van der Waals surface area (Å²) in [6.07, 6.45) is 6.07. The number of hydrogen-bond acceptors (Lipinski definition) is 3. The van der Waals surface area contributed by atoms with Crippen molar-refractivity contribution < 1.29 is 4.79 Å². The molecule has 0 aliphatic rings. The Labute approximate surface area is 96.0 Å². The van der Waals surface area contributed by atoms with Gasteiger partial charge in [-0.05, 0) is 13.3 Å². The predicted octanol–water partition coefficient (Wildman–Crippen LogP) is 0.374. The molecule has 1 unspecified atom stereocenters. The minimum absolute atomic E-state index is 0.0256. The van der Waals surface area contributed by atoms with Gasteiger partial charge in [0, 0.05) is 32.0 Å². The topological polar surface area (TPSA) is 72.9 Å².